The van der Waals surface area contributed by atoms with Crippen molar-refractivity contribution in [1.29, 1.82) is 5.26 Å². The molecule has 7 nitrogen and oxygen atoms in total. The van der Waals surface area contributed by atoms with E-state index in [-0.39, 0.29) is 18.6 Å². The Morgan fingerprint density at radius 1 is 1.10 bits per heavy atom. The molecule has 0 aliphatic carbocycles. The second-order valence-electron chi connectivity index (χ2n) is 6.35. The molecule has 4 rings (SSSR count). The molecule has 1 aromatic heterocycles. The number of urea groups is 1. The maximum absolute atomic E-state index is 12.7. The first-order valence-electron chi connectivity index (χ1n) is 9.66. The van der Waals surface area contributed by atoms with E-state index in [1.807, 2.05) is 26.0 Å². The van der Waals surface area contributed by atoms with Gasteiger partial charge in [0.05, 0.1) is 24.0 Å². The summed E-state index contributed by atoms with van der Waals surface area (Å²) in [6.07, 6.45) is 3.12. The van der Waals surface area contributed by atoms with Crippen LogP contribution >= 0.6 is 23.2 Å². The third kappa shape index (κ3) is 5.23. The Hall–Kier alpha value is -3.34. The molecule has 158 valence electrons. The number of carbonyl (C=O) groups is 1. The van der Waals surface area contributed by atoms with Crippen molar-refractivity contribution in [2.75, 3.05) is 11.9 Å². The number of nitriles is 1. The van der Waals surface area contributed by atoms with E-state index < -0.39 is 0 Å². The lowest BCUT2D eigenvalue weighted by Crippen LogP contribution is -2.31. The van der Waals surface area contributed by atoms with Gasteiger partial charge in [-0.1, -0.05) is 49.2 Å². The van der Waals surface area contributed by atoms with E-state index >= 15 is 0 Å². The fourth-order valence-corrected chi connectivity index (χ4v) is 3.24. The normalized spacial score (nSPS) is 14.9. The summed E-state index contributed by atoms with van der Waals surface area (Å²) < 4.78 is 1.64. The first kappa shape index (κ1) is 22.3. The molecule has 2 heterocycles. The zero-order valence-electron chi connectivity index (χ0n) is 17.0. The second kappa shape index (κ2) is 10.1. The summed E-state index contributed by atoms with van der Waals surface area (Å²) >= 11 is 11.9. The summed E-state index contributed by atoms with van der Waals surface area (Å²) in [5, 5.41) is 23.2. The molecule has 2 aromatic carbocycles. The molecule has 9 heteroatoms. The van der Waals surface area contributed by atoms with E-state index in [2.05, 4.69) is 21.6 Å². The van der Waals surface area contributed by atoms with Crippen molar-refractivity contribution in [1.82, 2.24) is 14.8 Å². The van der Waals surface area contributed by atoms with Gasteiger partial charge < -0.3 is 5.32 Å². The Bertz CT molecular complexity index is 1120. The summed E-state index contributed by atoms with van der Waals surface area (Å²) in [5.41, 5.74) is 2.51. The molecule has 1 atom stereocenters. The molecule has 0 bridgehead atoms. The van der Waals surface area contributed by atoms with Crippen LogP contribution < -0.4 is 5.32 Å². The van der Waals surface area contributed by atoms with Gasteiger partial charge >= 0.3 is 6.03 Å². The van der Waals surface area contributed by atoms with Crippen molar-refractivity contribution in [2.24, 2.45) is 5.10 Å². The molecule has 0 radical (unpaired) electrons. The van der Waals surface area contributed by atoms with Gasteiger partial charge in [0.2, 0.25) is 0 Å². The molecule has 0 fully saturated rings. The average molecular weight is 455 g/mol. The van der Waals surface area contributed by atoms with Gasteiger partial charge in [0.25, 0.3) is 0 Å². The molecule has 0 saturated carbocycles. The number of hydrogen-bond donors (Lipinski definition) is 1. The summed E-state index contributed by atoms with van der Waals surface area (Å²) in [5.74, 6) is 0. The first-order valence-corrected chi connectivity index (χ1v) is 10.4. The van der Waals surface area contributed by atoms with E-state index in [0.717, 1.165) is 5.56 Å². The zero-order valence-corrected chi connectivity index (χ0v) is 18.5. The molecule has 1 aliphatic heterocycles. The van der Waals surface area contributed by atoms with Gasteiger partial charge in [-0.2, -0.15) is 15.5 Å². The first-order chi connectivity index (χ1) is 15.0. The molecular weight excluding hydrogens is 435 g/mol. The molecule has 1 aliphatic rings. The molecule has 1 N–H and O–H groups in total. The summed E-state index contributed by atoms with van der Waals surface area (Å²) in [7, 11) is 0. The lowest BCUT2D eigenvalue weighted by molar-refractivity contribution is 0.215. The number of halogens is 2. The summed E-state index contributed by atoms with van der Waals surface area (Å²) in [6, 6.07) is 15.3. The highest BCUT2D eigenvalue weighted by Crippen LogP contribution is 2.26. The number of amides is 2. The van der Waals surface area contributed by atoms with Crippen LogP contribution in [0.15, 0.2) is 66.0 Å². The van der Waals surface area contributed by atoms with Crippen molar-refractivity contribution in [2.45, 2.75) is 19.9 Å². The number of nitrogens with one attached hydrogen (secondary N) is 1. The van der Waals surface area contributed by atoms with Crippen LogP contribution in [0.3, 0.4) is 0 Å². The Kier molecular flexibility index (Phi) is 7.29. The minimum Gasteiger partial charge on any atom is -0.306 e. The fraction of sp³-hybridized carbons (Fsp3) is 0.182. The van der Waals surface area contributed by atoms with Crippen molar-refractivity contribution < 1.29 is 4.79 Å². The van der Waals surface area contributed by atoms with Crippen molar-refractivity contribution in [3.8, 4) is 6.07 Å². The van der Waals surface area contributed by atoms with Gasteiger partial charge in [0.1, 0.15) is 12.1 Å². The third-order valence-electron chi connectivity index (χ3n) is 4.41. The SMILES string of the molecule is CC.N#Cc1cnn(C2CN(C(=O)Nc3ccc(Cl)cc3)N=C2c2ccc(Cl)cc2)c1. The van der Waals surface area contributed by atoms with Gasteiger partial charge in [-0.3, -0.25) is 4.68 Å². The van der Waals surface area contributed by atoms with Crippen LogP contribution in [-0.2, 0) is 0 Å². The number of benzene rings is 2. The highest BCUT2D eigenvalue weighted by Gasteiger charge is 2.33. The van der Waals surface area contributed by atoms with Gasteiger partial charge in [-0.15, -0.1) is 0 Å². The zero-order chi connectivity index (χ0) is 22.4. The predicted molar refractivity (Wildman–Crippen MR) is 122 cm³/mol. The Morgan fingerprint density at radius 3 is 2.29 bits per heavy atom. The smallest absolute Gasteiger partial charge is 0.306 e. The maximum Gasteiger partial charge on any atom is 0.342 e. The Balaban J connectivity index is 0.00000132. The van der Waals surface area contributed by atoms with Gasteiger partial charge in [-0.05, 0) is 36.4 Å². The van der Waals surface area contributed by atoms with E-state index in [0.29, 0.717) is 27.0 Å². The quantitative estimate of drug-likeness (QED) is 0.559. The minimum atomic E-state index is -0.381. The highest BCUT2D eigenvalue weighted by molar-refractivity contribution is 6.31. The lowest BCUT2D eigenvalue weighted by Gasteiger charge is -2.16. The predicted octanol–water partition coefficient (Wildman–Crippen LogP) is 5.58. The summed E-state index contributed by atoms with van der Waals surface area (Å²) in [6.45, 7) is 4.27. The number of rotatable bonds is 3. The Labute approximate surface area is 190 Å². The van der Waals surface area contributed by atoms with E-state index in [9.17, 15) is 4.79 Å². The van der Waals surface area contributed by atoms with Gasteiger partial charge in [0, 0.05) is 27.5 Å². The molecule has 0 spiro atoms. The van der Waals surface area contributed by atoms with E-state index in [1.165, 1.54) is 11.2 Å². The number of nitrogens with zero attached hydrogens (tertiary/aromatic N) is 5. The maximum atomic E-state index is 12.7. The van der Waals surface area contributed by atoms with Crippen LogP contribution in [0.25, 0.3) is 0 Å². The van der Waals surface area contributed by atoms with Gasteiger partial charge in [-0.25, -0.2) is 9.80 Å². The van der Waals surface area contributed by atoms with Crippen molar-refractivity contribution >= 4 is 40.6 Å². The number of carbonyl (C=O) groups excluding carboxylic acids is 1. The van der Waals surface area contributed by atoms with Crippen LogP contribution in [0.2, 0.25) is 10.0 Å². The van der Waals surface area contributed by atoms with Crippen molar-refractivity contribution in [3.63, 3.8) is 0 Å². The second-order valence-corrected chi connectivity index (χ2v) is 7.22. The van der Waals surface area contributed by atoms with E-state index in [4.69, 9.17) is 28.5 Å². The molecule has 1 unspecified atom stereocenters. The monoisotopic (exact) mass is 454 g/mol. The number of hydrazone groups is 1. The average Bonchev–Trinajstić information content (AvgIpc) is 3.44. The minimum absolute atomic E-state index is 0.268. The fourth-order valence-electron chi connectivity index (χ4n) is 2.98. The van der Waals surface area contributed by atoms with Gasteiger partial charge in [0.15, 0.2) is 0 Å². The third-order valence-corrected chi connectivity index (χ3v) is 4.91. The molecule has 2 amide bonds. The molecule has 31 heavy (non-hydrogen) atoms. The summed E-state index contributed by atoms with van der Waals surface area (Å²) in [4.78, 5) is 12.7. The van der Waals surface area contributed by atoms with Crippen molar-refractivity contribution in [3.05, 3.63) is 82.1 Å². The van der Waals surface area contributed by atoms with Crippen LogP contribution in [-0.4, -0.2) is 33.1 Å². The number of hydrogen-bond acceptors (Lipinski definition) is 4. The van der Waals surface area contributed by atoms with Crippen LogP contribution in [0.1, 0.15) is 31.0 Å². The standard InChI is InChI=1S/C20H14Cl2N6O.C2H6/c21-15-3-1-14(2-4-15)19-18(27-11-13(9-23)10-24-27)12-28(26-19)20(29)25-17-7-5-16(22)6-8-17;1-2/h1-8,10-11,18H,12H2,(H,25,29);1-2H3. The van der Waals surface area contributed by atoms with E-state index in [1.54, 1.807) is 47.3 Å². The molecule has 3 aromatic rings. The highest BCUT2D eigenvalue weighted by atomic mass is 35.5. The van der Waals surface area contributed by atoms with Crippen LogP contribution in [0, 0.1) is 11.3 Å². The number of aromatic nitrogens is 2. The lowest BCUT2D eigenvalue weighted by atomic mass is 10.0. The number of anilines is 1. The van der Waals surface area contributed by atoms with Crippen LogP contribution in [0.5, 0.6) is 0 Å². The topological polar surface area (TPSA) is 86.3 Å². The van der Waals surface area contributed by atoms with Crippen LogP contribution in [0.4, 0.5) is 10.5 Å². The largest absolute Gasteiger partial charge is 0.342 e. The molecular formula is C22H20Cl2N6O. The Morgan fingerprint density at radius 2 is 1.71 bits per heavy atom. The molecule has 0 saturated heterocycles.